The molecule has 0 unspecified atom stereocenters. The van der Waals surface area contributed by atoms with Gasteiger partial charge in [0, 0.05) is 15.7 Å². The first-order valence-corrected chi connectivity index (χ1v) is 6.88. The Morgan fingerprint density at radius 3 is 2.70 bits per heavy atom. The third kappa shape index (κ3) is 3.69. The number of nitrogens with two attached hydrogens (primary N) is 1. The lowest BCUT2D eigenvalue weighted by Crippen LogP contribution is -2.14. The number of carbonyl (C=O) groups is 1. The summed E-state index contributed by atoms with van der Waals surface area (Å²) in [7, 11) is 0. The highest BCUT2D eigenvalue weighted by atomic mass is 79.9. The van der Waals surface area contributed by atoms with Gasteiger partial charge in [-0.1, -0.05) is 27.5 Å². The van der Waals surface area contributed by atoms with Crippen LogP contribution in [-0.2, 0) is 0 Å². The Hall–Kier alpha value is -1.63. The zero-order valence-corrected chi connectivity index (χ0v) is 12.9. The van der Waals surface area contributed by atoms with E-state index in [-0.39, 0.29) is 11.1 Å². The van der Waals surface area contributed by atoms with Crippen LogP contribution in [0, 0.1) is 6.92 Å². The molecule has 2 rings (SSSR count). The van der Waals surface area contributed by atoms with Gasteiger partial charge in [-0.25, -0.2) is 10.8 Å². The standard InChI is InChI=1S/C13H12BrClN4O/c1-7-2-9(14)6-10(3-7)17-13(20)8-4-11(15)18-12(5-8)19-16/h2-6H,16H2,1H3,(H,17,20)(H,18,19). The fourth-order valence-electron chi connectivity index (χ4n) is 1.71. The monoisotopic (exact) mass is 354 g/mol. The zero-order valence-electron chi connectivity index (χ0n) is 10.6. The van der Waals surface area contributed by atoms with E-state index in [4.69, 9.17) is 17.4 Å². The molecule has 1 aromatic carbocycles. The van der Waals surface area contributed by atoms with Crippen molar-refractivity contribution in [2.75, 3.05) is 10.7 Å². The van der Waals surface area contributed by atoms with Gasteiger partial charge in [0.1, 0.15) is 11.0 Å². The second-order valence-corrected chi connectivity index (χ2v) is 5.48. The van der Waals surface area contributed by atoms with Crippen molar-refractivity contribution in [1.82, 2.24) is 4.98 Å². The third-order valence-corrected chi connectivity index (χ3v) is 3.16. The number of hydrogen-bond acceptors (Lipinski definition) is 4. The zero-order chi connectivity index (χ0) is 14.7. The maximum Gasteiger partial charge on any atom is 0.255 e. The third-order valence-electron chi connectivity index (χ3n) is 2.50. The van der Waals surface area contributed by atoms with E-state index in [1.54, 1.807) is 0 Å². The second-order valence-electron chi connectivity index (χ2n) is 4.18. The lowest BCUT2D eigenvalue weighted by atomic mass is 10.2. The van der Waals surface area contributed by atoms with Crippen LogP contribution in [0.4, 0.5) is 11.5 Å². The first kappa shape index (κ1) is 14.8. The molecular formula is C13H12BrClN4O. The van der Waals surface area contributed by atoms with Gasteiger partial charge in [0.25, 0.3) is 5.91 Å². The maximum absolute atomic E-state index is 12.2. The second kappa shape index (κ2) is 6.21. The molecule has 0 bridgehead atoms. The number of amides is 1. The summed E-state index contributed by atoms with van der Waals surface area (Å²) in [6, 6.07) is 8.63. The van der Waals surface area contributed by atoms with Crippen LogP contribution in [0.15, 0.2) is 34.8 Å². The molecule has 0 spiro atoms. The van der Waals surface area contributed by atoms with Gasteiger partial charge in [-0.05, 0) is 42.8 Å². The Labute approximate surface area is 129 Å². The molecule has 0 saturated heterocycles. The number of hydrogen-bond donors (Lipinski definition) is 3. The summed E-state index contributed by atoms with van der Waals surface area (Å²) in [6.45, 7) is 1.94. The predicted octanol–water partition coefficient (Wildman–Crippen LogP) is 3.34. The van der Waals surface area contributed by atoms with Crippen LogP contribution in [0.25, 0.3) is 0 Å². The summed E-state index contributed by atoms with van der Waals surface area (Å²) in [5.74, 6) is 5.31. The number of anilines is 2. The average molecular weight is 356 g/mol. The summed E-state index contributed by atoms with van der Waals surface area (Å²) in [6.07, 6.45) is 0. The van der Waals surface area contributed by atoms with Gasteiger partial charge in [0.2, 0.25) is 0 Å². The van der Waals surface area contributed by atoms with Crippen molar-refractivity contribution in [3.8, 4) is 0 Å². The number of carbonyl (C=O) groups excluding carboxylic acids is 1. The van der Waals surface area contributed by atoms with E-state index in [0.29, 0.717) is 17.1 Å². The minimum absolute atomic E-state index is 0.191. The van der Waals surface area contributed by atoms with E-state index in [9.17, 15) is 4.79 Å². The Morgan fingerprint density at radius 2 is 2.05 bits per heavy atom. The first-order valence-electron chi connectivity index (χ1n) is 5.70. The van der Waals surface area contributed by atoms with Crippen LogP contribution in [0.5, 0.6) is 0 Å². The van der Waals surface area contributed by atoms with Gasteiger partial charge in [-0.15, -0.1) is 0 Å². The highest BCUT2D eigenvalue weighted by molar-refractivity contribution is 9.10. The minimum Gasteiger partial charge on any atom is -0.322 e. The molecule has 1 heterocycles. The molecular weight excluding hydrogens is 344 g/mol. The molecule has 104 valence electrons. The Morgan fingerprint density at radius 1 is 1.30 bits per heavy atom. The summed E-state index contributed by atoms with van der Waals surface area (Å²) in [5, 5.41) is 2.99. The number of halogens is 2. The SMILES string of the molecule is Cc1cc(Br)cc(NC(=O)c2cc(Cl)nc(NN)c2)c1. The highest BCUT2D eigenvalue weighted by Gasteiger charge is 2.10. The number of aryl methyl sites for hydroxylation is 1. The van der Waals surface area contributed by atoms with Crippen LogP contribution in [0.3, 0.4) is 0 Å². The first-order chi connectivity index (χ1) is 9.47. The van der Waals surface area contributed by atoms with Crippen molar-refractivity contribution in [3.63, 3.8) is 0 Å². The number of rotatable bonds is 3. The van der Waals surface area contributed by atoms with Crippen LogP contribution < -0.4 is 16.6 Å². The molecule has 7 heteroatoms. The normalized spacial score (nSPS) is 10.2. The fraction of sp³-hybridized carbons (Fsp3) is 0.0769. The van der Waals surface area contributed by atoms with Crippen molar-refractivity contribution in [2.45, 2.75) is 6.92 Å². The van der Waals surface area contributed by atoms with E-state index >= 15 is 0 Å². The van der Waals surface area contributed by atoms with Gasteiger partial charge >= 0.3 is 0 Å². The molecule has 0 atom stereocenters. The average Bonchev–Trinajstić information content (AvgIpc) is 2.36. The van der Waals surface area contributed by atoms with E-state index < -0.39 is 0 Å². The predicted molar refractivity (Wildman–Crippen MR) is 83.9 cm³/mol. The summed E-state index contributed by atoms with van der Waals surface area (Å²) < 4.78 is 0.893. The van der Waals surface area contributed by atoms with E-state index in [0.717, 1.165) is 10.0 Å². The van der Waals surface area contributed by atoms with E-state index in [2.05, 4.69) is 31.7 Å². The van der Waals surface area contributed by atoms with Crippen molar-refractivity contribution in [1.29, 1.82) is 0 Å². The van der Waals surface area contributed by atoms with Crippen molar-refractivity contribution in [2.24, 2.45) is 5.84 Å². The number of pyridine rings is 1. The molecule has 4 N–H and O–H groups in total. The Kier molecular flexibility index (Phi) is 4.59. The molecule has 20 heavy (non-hydrogen) atoms. The van der Waals surface area contributed by atoms with Gasteiger partial charge in [0.05, 0.1) is 0 Å². The van der Waals surface area contributed by atoms with Gasteiger partial charge in [-0.3, -0.25) is 4.79 Å². The highest BCUT2D eigenvalue weighted by Crippen LogP contribution is 2.20. The Balaban J connectivity index is 2.25. The molecule has 0 aliphatic rings. The molecule has 5 nitrogen and oxygen atoms in total. The van der Waals surface area contributed by atoms with Crippen molar-refractivity contribution < 1.29 is 4.79 Å². The smallest absolute Gasteiger partial charge is 0.255 e. The van der Waals surface area contributed by atoms with Crippen molar-refractivity contribution in [3.05, 3.63) is 51.1 Å². The fourth-order valence-corrected chi connectivity index (χ4v) is 2.53. The summed E-state index contributed by atoms with van der Waals surface area (Å²) >= 11 is 9.22. The van der Waals surface area contributed by atoms with Crippen molar-refractivity contribution >= 4 is 44.9 Å². The molecule has 1 amide bonds. The molecule has 0 saturated carbocycles. The molecule has 2 aromatic rings. The van der Waals surface area contributed by atoms with Crippen LogP contribution in [0.2, 0.25) is 5.15 Å². The number of nitrogen functional groups attached to an aromatic ring is 1. The molecule has 0 aliphatic carbocycles. The van der Waals surface area contributed by atoms with Crippen LogP contribution in [-0.4, -0.2) is 10.9 Å². The lowest BCUT2D eigenvalue weighted by molar-refractivity contribution is 0.102. The summed E-state index contributed by atoms with van der Waals surface area (Å²) in [4.78, 5) is 16.1. The number of nitrogens with zero attached hydrogens (tertiary/aromatic N) is 1. The number of nitrogens with one attached hydrogen (secondary N) is 2. The van der Waals surface area contributed by atoms with Gasteiger partial charge in [-0.2, -0.15) is 0 Å². The largest absolute Gasteiger partial charge is 0.322 e. The molecule has 0 aliphatic heterocycles. The summed E-state index contributed by atoms with van der Waals surface area (Å²) in [5.41, 5.74) is 4.46. The van der Waals surface area contributed by atoms with Crippen LogP contribution >= 0.6 is 27.5 Å². The molecule has 0 fully saturated rings. The topological polar surface area (TPSA) is 80.0 Å². The number of benzene rings is 1. The number of aromatic nitrogens is 1. The lowest BCUT2D eigenvalue weighted by Gasteiger charge is -2.08. The minimum atomic E-state index is -0.289. The maximum atomic E-state index is 12.2. The van der Waals surface area contributed by atoms with Crippen LogP contribution in [0.1, 0.15) is 15.9 Å². The molecule has 1 aromatic heterocycles. The van der Waals surface area contributed by atoms with E-state index in [1.807, 2.05) is 25.1 Å². The quantitative estimate of drug-likeness (QED) is 0.448. The van der Waals surface area contributed by atoms with Gasteiger partial charge in [0.15, 0.2) is 0 Å². The number of hydrazine groups is 1. The van der Waals surface area contributed by atoms with E-state index in [1.165, 1.54) is 12.1 Å². The molecule has 0 radical (unpaired) electrons. The Bertz CT molecular complexity index is 643. The van der Waals surface area contributed by atoms with Gasteiger partial charge < -0.3 is 10.7 Å².